The van der Waals surface area contributed by atoms with Crippen LogP contribution in [0.4, 0.5) is 17.1 Å². The molecule has 0 radical (unpaired) electrons. The van der Waals surface area contributed by atoms with Gasteiger partial charge in [-0.25, -0.2) is 17.5 Å². The first kappa shape index (κ1) is 50.4. The van der Waals surface area contributed by atoms with Crippen molar-refractivity contribution in [1.29, 1.82) is 0 Å². The Morgan fingerprint density at radius 2 is 0.913 bits per heavy atom. The number of carbonyl (C=O) groups excluding carboxylic acids is 6. The number of para-hydroxylation sites is 1. The standard InChI is InChI=1S/C20H17N3O2.C15H14N4O4.C15H15N3O3/c21-23-20(25)17-10-12-18(13-11-17)22-19(24)16-8-6-15(7-9-16)14-4-2-1-3-5-14;16-18-15(21)11-6-4-10(5-7-11)9-17-14(20)12-2-1-3-13(8-12)19(22)23;16-18-15(20)11-6-8-12(9-7-11)17-14(19)10-21-13-4-2-1-3-5-13/h1-13H,21H2,(H,22,24)(H,23,25);1-8H,9,16H2,(H,17,20)(H,18,21);1-9H,10,16H2,(H,17,19)(H,18,20). The molecule has 7 rings (SSSR count). The molecule has 0 atom stereocenters. The molecule has 12 N–H and O–H groups in total. The van der Waals surface area contributed by atoms with E-state index in [-0.39, 0.29) is 48.0 Å². The molecule has 0 fully saturated rings. The Morgan fingerprint density at radius 1 is 0.464 bits per heavy atom. The first-order valence-corrected chi connectivity index (χ1v) is 20.7. The van der Waals surface area contributed by atoms with Crippen LogP contribution < -0.4 is 54.5 Å². The highest BCUT2D eigenvalue weighted by atomic mass is 16.6. The zero-order valence-corrected chi connectivity index (χ0v) is 36.6. The first-order valence-electron chi connectivity index (χ1n) is 20.7. The molecule has 0 aromatic heterocycles. The summed E-state index contributed by atoms with van der Waals surface area (Å²) in [5, 5.41) is 18.8. The van der Waals surface area contributed by atoms with Crippen LogP contribution in [0.15, 0.2) is 182 Å². The van der Waals surface area contributed by atoms with Gasteiger partial charge in [-0.05, 0) is 108 Å². The number of anilines is 2. The van der Waals surface area contributed by atoms with Crippen LogP contribution in [0.3, 0.4) is 0 Å². The van der Waals surface area contributed by atoms with Crippen molar-refractivity contribution in [2.45, 2.75) is 6.54 Å². The quantitative estimate of drug-likeness (QED) is 0.0277. The number of rotatable bonds is 14. The zero-order chi connectivity index (χ0) is 49.5. The van der Waals surface area contributed by atoms with Gasteiger partial charge >= 0.3 is 0 Å². The molecule has 0 aliphatic heterocycles. The number of non-ortho nitro benzene ring substituents is 1. The normalized spacial score (nSPS) is 9.96. The Kier molecular flexibility index (Phi) is 18.9. The minimum atomic E-state index is -0.558. The van der Waals surface area contributed by atoms with Crippen LogP contribution in [0.1, 0.15) is 57.4 Å². The summed E-state index contributed by atoms with van der Waals surface area (Å²) in [4.78, 5) is 80.2. The van der Waals surface area contributed by atoms with E-state index in [1.165, 1.54) is 24.3 Å². The summed E-state index contributed by atoms with van der Waals surface area (Å²) in [5.41, 5.74) is 12.1. The number of hydrogen-bond donors (Lipinski definition) is 9. The Morgan fingerprint density at radius 3 is 1.42 bits per heavy atom. The van der Waals surface area contributed by atoms with Crippen LogP contribution in [0.2, 0.25) is 0 Å². The maximum atomic E-state index is 12.3. The van der Waals surface area contributed by atoms with Gasteiger partial charge < -0.3 is 20.7 Å². The second-order valence-electron chi connectivity index (χ2n) is 14.3. The van der Waals surface area contributed by atoms with Crippen molar-refractivity contribution in [1.82, 2.24) is 21.6 Å². The van der Waals surface area contributed by atoms with Crippen LogP contribution in [0.5, 0.6) is 5.75 Å². The minimum Gasteiger partial charge on any atom is -0.484 e. The fourth-order valence-corrected chi connectivity index (χ4v) is 5.99. The number of nitrogens with two attached hydrogens (primary N) is 3. The van der Waals surface area contributed by atoms with Crippen LogP contribution in [0.25, 0.3) is 11.1 Å². The van der Waals surface area contributed by atoms with Crippen molar-refractivity contribution in [3.05, 3.63) is 225 Å². The number of benzene rings is 7. The van der Waals surface area contributed by atoms with Crippen LogP contribution >= 0.6 is 0 Å². The maximum absolute atomic E-state index is 12.3. The molecule has 0 aliphatic carbocycles. The van der Waals surface area contributed by atoms with Gasteiger partial charge in [-0.3, -0.25) is 55.2 Å². The second kappa shape index (κ2) is 25.8. The third-order valence-corrected chi connectivity index (χ3v) is 9.58. The van der Waals surface area contributed by atoms with Gasteiger partial charge in [0, 0.05) is 57.9 Å². The predicted octanol–water partition coefficient (Wildman–Crippen LogP) is 5.65. The monoisotopic (exact) mass is 930 g/mol. The number of ether oxygens (including phenoxy) is 1. The van der Waals surface area contributed by atoms with E-state index in [9.17, 15) is 38.9 Å². The Bertz CT molecular complexity index is 2850. The van der Waals surface area contributed by atoms with Crippen molar-refractivity contribution < 1.29 is 38.4 Å². The number of hydrazine groups is 3. The summed E-state index contributed by atoms with van der Waals surface area (Å²) >= 11 is 0. The van der Waals surface area contributed by atoms with Gasteiger partial charge in [0.15, 0.2) is 6.61 Å². The van der Waals surface area contributed by atoms with Gasteiger partial charge in [0.2, 0.25) is 0 Å². The highest BCUT2D eigenvalue weighted by Gasteiger charge is 2.13. The lowest BCUT2D eigenvalue weighted by molar-refractivity contribution is -0.384. The van der Waals surface area contributed by atoms with Crippen molar-refractivity contribution in [3.63, 3.8) is 0 Å². The average Bonchev–Trinajstić information content (AvgIpc) is 3.40. The third kappa shape index (κ3) is 15.8. The molecule has 0 aliphatic rings. The zero-order valence-electron chi connectivity index (χ0n) is 36.6. The van der Waals surface area contributed by atoms with E-state index in [2.05, 4.69) is 21.4 Å². The number of nitro benzene ring substituents is 1. The molecule has 0 heterocycles. The molecule has 7 aromatic carbocycles. The Balaban J connectivity index is 0.000000194. The molecule has 0 saturated heterocycles. The van der Waals surface area contributed by atoms with Gasteiger partial charge in [-0.2, -0.15) is 0 Å². The molecular weight excluding hydrogens is 885 g/mol. The average molecular weight is 931 g/mol. The van der Waals surface area contributed by atoms with Gasteiger partial charge in [-0.1, -0.05) is 78.9 Å². The van der Waals surface area contributed by atoms with Gasteiger partial charge in [0.1, 0.15) is 5.75 Å². The summed E-state index contributed by atoms with van der Waals surface area (Å²) in [5.74, 6) is 13.7. The van der Waals surface area contributed by atoms with E-state index in [1.54, 1.807) is 97.1 Å². The smallest absolute Gasteiger partial charge is 0.270 e. The van der Waals surface area contributed by atoms with E-state index in [1.807, 2.05) is 71.5 Å². The number of nitrogens with zero attached hydrogens (tertiary/aromatic N) is 1. The second-order valence-corrected chi connectivity index (χ2v) is 14.3. The molecule has 0 spiro atoms. The highest BCUT2D eigenvalue weighted by molar-refractivity contribution is 6.05. The molecule has 6 amide bonds. The minimum absolute atomic E-state index is 0.0882. The van der Waals surface area contributed by atoms with Crippen molar-refractivity contribution in [2.24, 2.45) is 17.5 Å². The topological polar surface area (TPSA) is 305 Å². The molecule has 0 bridgehead atoms. The summed E-state index contributed by atoms with van der Waals surface area (Å²) in [6.45, 7) is 0.140. The largest absolute Gasteiger partial charge is 0.484 e. The first-order chi connectivity index (χ1) is 33.4. The van der Waals surface area contributed by atoms with Crippen LogP contribution in [-0.2, 0) is 11.3 Å². The van der Waals surface area contributed by atoms with E-state index in [0.717, 1.165) is 16.7 Å². The van der Waals surface area contributed by atoms with E-state index in [4.69, 9.17) is 22.3 Å². The lowest BCUT2D eigenvalue weighted by Gasteiger charge is -2.08. The lowest BCUT2D eigenvalue weighted by atomic mass is 10.0. The summed E-state index contributed by atoms with van der Waals surface area (Å²) in [7, 11) is 0. The van der Waals surface area contributed by atoms with Crippen LogP contribution in [-0.4, -0.2) is 47.0 Å². The van der Waals surface area contributed by atoms with Crippen molar-refractivity contribution in [3.8, 4) is 16.9 Å². The predicted molar refractivity (Wildman–Crippen MR) is 259 cm³/mol. The summed E-state index contributed by atoms with van der Waals surface area (Å²) in [6, 6.07) is 51.3. The third-order valence-electron chi connectivity index (χ3n) is 9.58. The van der Waals surface area contributed by atoms with Crippen molar-refractivity contribution >= 4 is 52.5 Å². The Hall–Kier alpha value is -9.56. The highest BCUT2D eigenvalue weighted by Crippen LogP contribution is 2.20. The molecular formula is C50H46N10O9. The van der Waals surface area contributed by atoms with E-state index in [0.29, 0.717) is 39.4 Å². The molecule has 69 heavy (non-hydrogen) atoms. The number of nitro groups is 1. The maximum Gasteiger partial charge on any atom is 0.270 e. The SMILES string of the molecule is NNC(=O)c1ccc(CNC(=O)c2cccc([N+](=O)[O-])c2)cc1.NNC(=O)c1ccc(NC(=O)COc2ccccc2)cc1.NNC(=O)c1ccc(NC(=O)c2ccc(-c3ccccc3)cc2)cc1. The van der Waals surface area contributed by atoms with Crippen molar-refractivity contribution in [2.75, 3.05) is 17.2 Å². The molecule has 19 heteroatoms. The van der Waals surface area contributed by atoms with Crippen LogP contribution in [0, 0.1) is 10.1 Å². The molecule has 19 nitrogen and oxygen atoms in total. The molecule has 350 valence electrons. The lowest BCUT2D eigenvalue weighted by Crippen LogP contribution is -2.30. The molecule has 0 saturated carbocycles. The number of nitrogens with one attached hydrogen (secondary N) is 6. The summed E-state index contributed by atoms with van der Waals surface area (Å²) in [6.07, 6.45) is 0. The van der Waals surface area contributed by atoms with Gasteiger partial charge in [-0.15, -0.1) is 0 Å². The van der Waals surface area contributed by atoms with E-state index < -0.39 is 16.7 Å². The Labute approximate surface area is 395 Å². The van der Waals surface area contributed by atoms with Gasteiger partial charge in [0.25, 0.3) is 41.1 Å². The van der Waals surface area contributed by atoms with Gasteiger partial charge in [0.05, 0.1) is 4.92 Å². The fraction of sp³-hybridized carbons (Fsp3) is 0.0400. The number of hydrogen-bond acceptors (Lipinski definition) is 12. The van der Waals surface area contributed by atoms with E-state index >= 15 is 0 Å². The molecule has 0 unspecified atom stereocenters. The summed E-state index contributed by atoms with van der Waals surface area (Å²) < 4.78 is 5.33. The number of amides is 6. The fourth-order valence-electron chi connectivity index (χ4n) is 5.99. The number of nitrogen functional groups attached to an aromatic ring is 3. The molecule has 7 aromatic rings. The number of carbonyl (C=O) groups is 6.